The van der Waals surface area contributed by atoms with Crippen LogP contribution in [0.1, 0.15) is 25.7 Å². The van der Waals surface area contributed by atoms with Crippen LogP contribution in [0.5, 0.6) is 0 Å². The fourth-order valence-corrected chi connectivity index (χ4v) is 2.17. The maximum absolute atomic E-state index is 12.2. The van der Waals surface area contributed by atoms with E-state index in [1.807, 2.05) is 0 Å². The fourth-order valence-electron chi connectivity index (χ4n) is 1.56. The van der Waals surface area contributed by atoms with E-state index in [-0.39, 0.29) is 18.1 Å². The lowest BCUT2D eigenvalue weighted by Gasteiger charge is -2.28. The van der Waals surface area contributed by atoms with Gasteiger partial charge in [0.2, 0.25) is 0 Å². The zero-order valence-electron chi connectivity index (χ0n) is 7.25. The molecule has 0 atom stereocenters. The first-order valence-corrected chi connectivity index (χ1v) is 5.03. The van der Waals surface area contributed by atoms with Gasteiger partial charge in [-0.15, -0.1) is 0 Å². The van der Waals surface area contributed by atoms with Gasteiger partial charge in [-0.3, -0.25) is 5.04 Å². The van der Waals surface area contributed by atoms with Crippen LogP contribution >= 0.6 is 12.0 Å². The van der Waals surface area contributed by atoms with Crippen molar-refractivity contribution in [2.45, 2.75) is 37.1 Å². The first-order valence-electron chi connectivity index (χ1n) is 4.22. The molecular formula is C7H10F3O3S-. The Morgan fingerprint density at radius 3 is 2.14 bits per heavy atom. The molecule has 0 bridgehead atoms. The molecule has 0 amide bonds. The highest BCUT2D eigenvalue weighted by atomic mass is 32.2. The zero-order chi connectivity index (χ0) is 10.6. The van der Waals surface area contributed by atoms with Crippen LogP contribution in [0.25, 0.3) is 0 Å². The number of alkyl halides is 3. The van der Waals surface area contributed by atoms with Crippen molar-refractivity contribution in [3.05, 3.63) is 0 Å². The maximum Gasteiger partial charge on any atom is 0.391 e. The molecular weight excluding hydrogens is 221 g/mol. The summed E-state index contributed by atoms with van der Waals surface area (Å²) >= 11 is 0.808. The van der Waals surface area contributed by atoms with Gasteiger partial charge in [-0.05, 0) is 25.7 Å². The molecule has 0 aromatic heterocycles. The van der Waals surface area contributed by atoms with Crippen molar-refractivity contribution in [3.8, 4) is 0 Å². The Hall–Kier alpha value is 0.0200. The van der Waals surface area contributed by atoms with Gasteiger partial charge < -0.3 is 5.26 Å². The molecule has 0 aromatic carbocycles. The maximum atomic E-state index is 12.2. The zero-order valence-corrected chi connectivity index (χ0v) is 8.07. The normalized spacial score (nSPS) is 29.1. The SMILES string of the molecule is [O-]OOSC1CCC(C(F)(F)F)CC1. The highest BCUT2D eigenvalue weighted by molar-refractivity contribution is 7.95. The summed E-state index contributed by atoms with van der Waals surface area (Å²) in [4.78, 5) is 0. The minimum absolute atomic E-state index is 0.0671. The minimum atomic E-state index is -4.09. The number of hydrogen-bond donors (Lipinski definition) is 0. The molecule has 0 saturated heterocycles. The summed E-state index contributed by atoms with van der Waals surface area (Å²) in [5.41, 5.74) is 0. The predicted molar refractivity (Wildman–Crippen MR) is 41.6 cm³/mol. The highest BCUT2D eigenvalue weighted by Gasteiger charge is 2.41. The molecule has 14 heavy (non-hydrogen) atoms. The third-order valence-corrected chi connectivity index (χ3v) is 3.22. The molecule has 0 N–H and O–H groups in total. The summed E-state index contributed by atoms with van der Waals surface area (Å²) in [6, 6.07) is 0. The van der Waals surface area contributed by atoms with Gasteiger partial charge in [0.15, 0.2) is 0 Å². The Morgan fingerprint density at radius 2 is 1.71 bits per heavy atom. The van der Waals surface area contributed by atoms with E-state index in [9.17, 15) is 18.4 Å². The van der Waals surface area contributed by atoms with Gasteiger partial charge in [-0.1, -0.05) is 0 Å². The molecule has 3 nitrogen and oxygen atoms in total. The lowest BCUT2D eigenvalue weighted by atomic mass is 9.88. The Kier molecular flexibility index (Phi) is 4.49. The van der Waals surface area contributed by atoms with Crippen molar-refractivity contribution in [2.75, 3.05) is 0 Å². The van der Waals surface area contributed by atoms with Crippen LogP contribution in [0, 0.1) is 5.92 Å². The van der Waals surface area contributed by atoms with Gasteiger partial charge in [0.1, 0.15) is 0 Å². The average molecular weight is 231 g/mol. The molecule has 0 aliphatic heterocycles. The molecule has 0 aromatic rings. The first kappa shape index (κ1) is 12.1. The second-order valence-corrected chi connectivity index (χ2v) is 4.24. The minimum Gasteiger partial charge on any atom is -0.691 e. The van der Waals surface area contributed by atoms with Gasteiger partial charge >= 0.3 is 6.18 Å². The second-order valence-electron chi connectivity index (χ2n) is 3.25. The second kappa shape index (κ2) is 5.20. The quantitative estimate of drug-likeness (QED) is 0.423. The lowest BCUT2D eigenvalue weighted by Crippen LogP contribution is -2.28. The third kappa shape index (κ3) is 3.64. The van der Waals surface area contributed by atoms with E-state index in [2.05, 4.69) is 9.37 Å². The topological polar surface area (TPSA) is 41.5 Å². The number of rotatable bonds is 3. The Balaban J connectivity index is 2.24. The molecule has 1 rings (SSSR count). The van der Waals surface area contributed by atoms with Crippen LogP contribution in [0.4, 0.5) is 13.2 Å². The summed E-state index contributed by atoms with van der Waals surface area (Å²) < 4.78 is 40.7. The van der Waals surface area contributed by atoms with Gasteiger partial charge in [-0.25, -0.2) is 0 Å². The smallest absolute Gasteiger partial charge is 0.391 e. The summed E-state index contributed by atoms with van der Waals surface area (Å²) in [7, 11) is 0. The van der Waals surface area contributed by atoms with E-state index in [1.54, 1.807) is 0 Å². The van der Waals surface area contributed by atoms with Crippen LogP contribution in [-0.2, 0) is 9.37 Å². The number of halogens is 3. The summed E-state index contributed by atoms with van der Waals surface area (Å²) in [5, 5.41) is 12.5. The highest BCUT2D eigenvalue weighted by Crippen LogP contribution is 2.40. The van der Waals surface area contributed by atoms with Gasteiger partial charge in [0, 0.05) is 17.3 Å². The van der Waals surface area contributed by atoms with Crippen molar-refractivity contribution < 1.29 is 27.8 Å². The molecule has 7 heteroatoms. The summed E-state index contributed by atoms with van der Waals surface area (Å²) in [6.07, 6.45) is -3.09. The standard InChI is InChI=1S/C7H11F3O3S/c8-7(9,10)5-1-3-6(4-2-5)14-13-12-11/h5-6,11H,1-4H2/p-1. The third-order valence-electron chi connectivity index (χ3n) is 2.34. The van der Waals surface area contributed by atoms with Crippen molar-refractivity contribution >= 4 is 12.0 Å². The largest absolute Gasteiger partial charge is 0.691 e. The van der Waals surface area contributed by atoms with E-state index in [4.69, 9.17) is 0 Å². The Labute approximate surface area is 83.6 Å². The molecule has 1 fully saturated rings. The van der Waals surface area contributed by atoms with E-state index in [0.29, 0.717) is 12.8 Å². The molecule has 1 saturated carbocycles. The van der Waals surface area contributed by atoms with Crippen LogP contribution in [-0.4, -0.2) is 11.4 Å². The van der Waals surface area contributed by atoms with Crippen molar-refractivity contribution in [1.29, 1.82) is 0 Å². The van der Waals surface area contributed by atoms with Crippen LogP contribution in [0.3, 0.4) is 0 Å². The predicted octanol–water partition coefficient (Wildman–Crippen LogP) is 1.98. The molecule has 1 aliphatic rings. The van der Waals surface area contributed by atoms with Crippen LogP contribution in [0.15, 0.2) is 0 Å². The van der Waals surface area contributed by atoms with Gasteiger partial charge in [-0.2, -0.15) is 17.5 Å². The van der Waals surface area contributed by atoms with Gasteiger partial charge in [0.25, 0.3) is 0 Å². The van der Waals surface area contributed by atoms with Gasteiger partial charge in [0.05, 0.1) is 5.92 Å². The Bertz CT molecular complexity index is 168. The molecule has 0 unspecified atom stereocenters. The first-order chi connectivity index (χ1) is 6.54. The summed E-state index contributed by atoms with van der Waals surface area (Å²) in [5.74, 6) is -1.20. The van der Waals surface area contributed by atoms with Crippen molar-refractivity contribution in [2.24, 2.45) is 5.92 Å². The Morgan fingerprint density at radius 1 is 1.14 bits per heavy atom. The molecule has 0 spiro atoms. The molecule has 0 radical (unpaired) electrons. The summed E-state index contributed by atoms with van der Waals surface area (Å²) in [6.45, 7) is 0. The van der Waals surface area contributed by atoms with Crippen molar-refractivity contribution in [3.63, 3.8) is 0 Å². The lowest BCUT2D eigenvalue weighted by molar-refractivity contribution is -0.777. The molecule has 1 aliphatic carbocycles. The van der Waals surface area contributed by atoms with Crippen molar-refractivity contribution in [1.82, 2.24) is 0 Å². The monoisotopic (exact) mass is 231 g/mol. The van der Waals surface area contributed by atoms with E-state index in [0.717, 1.165) is 12.0 Å². The fraction of sp³-hybridized carbons (Fsp3) is 1.00. The molecule has 0 heterocycles. The van der Waals surface area contributed by atoms with E-state index in [1.165, 1.54) is 0 Å². The average Bonchev–Trinajstić information content (AvgIpc) is 2.14. The molecule has 84 valence electrons. The van der Waals surface area contributed by atoms with E-state index < -0.39 is 12.1 Å². The van der Waals surface area contributed by atoms with Crippen LogP contribution < -0.4 is 5.26 Å². The van der Waals surface area contributed by atoms with E-state index >= 15 is 0 Å². The number of hydrogen-bond acceptors (Lipinski definition) is 4. The van der Waals surface area contributed by atoms with Crippen LogP contribution in [0.2, 0.25) is 0 Å².